The molecule has 4 nitrogen and oxygen atoms in total. The Morgan fingerprint density at radius 2 is 2.20 bits per heavy atom. The quantitative estimate of drug-likeness (QED) is 0.756. The Morgan fingerprint density at radius 1 is 1.28 bits per heavy atom. The molecule has 1 amide bonds. The second-order valence-electron chi connectivity index (χ2n) is 6.80. The van der Waals surface area contributed by atoms with Crippen molar-refractivity contribution in [3.63, 3.8) is 0 Å². The van der Waals surface area contributed by atoms with Crippen molar-refractivity contribution in [1.82, 2.24) is 15.1 Å². The average molecular weight is 333 g/mol. The molecule has 4 rings (SSSR count). The molecule has 1 saturated heterocycles. The van der Waals surface area contributed by atoms with Crippen LogP contribution < -0.4 is 0 Å². The van der Waals surface area contributed by atoms with Gasteiger partial charge >= 0.3 is 0 Å². The van der Waals surface area contributed by atoms with E-state index in [1.165, 1.54) is 0 Å². The first-order chi connectivity index (χ1) is 12.3. The first kappa shape index (κ1) is 15.9. The fourth-order valence-electron chi connectivity index (χ4n) is 3.96. The molecule has 2 aromatic carbocycles. The Morgan fingerprint density at radius 3 is 3.00 bits per heavy atom. The van der Waals surface area contributed by atoms with E-state index >= 15 is 0 Å². The number of rotatable bonds is 4. The summed E-state index contributed by atoms with van der Waals surface area (Å²) in [7, 11) is 0. The van der Waals surface area contributed by atoms with Gasteiger partial charge < -0.3 is 4.90 Å². The average Bonchev–Trinajstić information content (AvgIpc) is 3.32. The fraction of sp³-hybridized carbons (Fsp3) is 0.333. The van der Waals surface area contributed by atoms with Crippen LogP contribution in [0.25, 0.3) is 22.0 Å². The van der Waals surface area contributed by atoms with E-state index < -0.39 is 0 Å². The number of fused-ring (bicyclic) bond motifs is 1. The monoisotopic (exact) mass is 333 g/mol. The topological polar surface area (TPSA) is 49.0 Å². The summed E-state index contributed by atoms with van der Waals surface area (Å²) in [5.41, 5.74) is 2.89. The van der Waals surface area contributed by atoms with E-state index in [-0.39, 0.29) is 5.91 Å². The third-order valence-electron chi connectivity index (χ3n) is 5.18. The lowest BCUT2D eigenvalue weighted by molar-refractivity contribution is 0.0730. The minimum Gasteiger partial charge on any atom is -0.336 e. The van der Waals surface area contributed by atoms with Gasteiger partial charge in [0.1, 0.15) is 0 Å². The maximum atomic E-state index is 13.0. The van der Waals surface area contributed by atoms with Crippen molar-refractivity contribution in [1.29, 1.82) is 0 Å². The lowest BCUT2D eigenvalue weighted by Crippen LogP contribution is -2.35. The zero-order valence-electron chi connectivity index (χ0n) is 14.5. The third kappa shape index (κ3) is 2.93. The number of hydrogen-bond acceptors (Lipinski definition) is 2. The van der Waals surface area contributed by atoms with Crippen LogP contribution in [0, 0.1) is 0 Å². The molecule has 0 bridgehead atoms. The Hall–Kier alpha value is -2.62. The van der Waals surface area contributed by atoms with E-state index in [9.17, 15) is 4.79 Å². The summed E-state index contributed by atoms with van der Waals surface area (Å²) in [4.78, 5) is 15.1. The summed E-state index contributed by atoms with van der Waals surface area (Å²) in [6.07, 6.45) is 6.24. The molecule has 0 aliphatic carbocycles. The van der Waals surface area contributed by atoms with Crippen molar-refractivity contribution in [2.75, 3.05) is 6.54 Å². The largest absolute Gasteiger partial charge is 0.336 e. The highest BCUT2D eigenvalue weighted by Crippen LogP contribution is 2.29. The van der Waals surface area contributed by atoms with Gasteiger partial charge in [-0.15, -0.1) is 0 Å². The number of hydrogen-bond donors (Lipinski definition) is 1. The Kier molecular flexibility index (Phi) is 4.26. The Bertz CT molecular complexity index is 885. The molecule has 25 heavy (non-hydrogen) atoms. The number of benzene rings is 2. The maximum Gasteiger partial charge on any atom is 0.254 e. The molecule has 3 aromatic rings. The van der Waals surface area contributed by atoms with Crippen molar-refractivity contribution in [2.45, 2.75) is 38.6 Å². The Balaban J connectivity index is 1.69. The van der Waals surface area contributed by atoms with Crippen molar-refractivity contribution in [3.05, 3.63) is 54.2 Å². The predicted octanol–water partition coefficient (Wildman–Crippen LogP) is 4.63. The molecule has 1 aromatic heterocycles. The molecule has 1 unspecified atom stereocenters. The fourth-order valence-corrected chi connectivity index (χ4v) is 3.96. The number of aromatic amines is 1. The van der Waals surface area contributed by atoms with Crippen LogP contribution in [0.4, 0.5) is 0 Å². The number of nitrogens with zero attached hydrogens (tertiary/aromatic N) is 2. The van der Waals surface area contributed by atoms with Crippen molar-refractivity contribution in [2.24, 2.45) is 0 Å². The van der Waals surface area contributed by atoms with Crippen molar-refractivity contribution in [3.8, 4) is 11.3 Å². The van der Waals surface area contributed by atoms with E-state index in [0.717, 1.165) is 59.8 Å². The van der Waals surface area contributed by atoms with Gasteiger partial charge in [-0.3, -0.25) is 9.89 Å². The molecular weight excluding hydrogens is 310 g/mol. The van der Waals surface area contributed by atoms with Gasteiger partial charge in [-0.2, -0.15) is 5.10 Å². The van der Waals surface area contributed by atoms with Crippen molar-refractivity contribution < 1.29 is 4.79 Å². The molecular formula is C21H23N3O. The van der Waals surface area contributed by atoms with Gasteiger partial charge in [0.25, 0.3) is 5.91 Å². The van der Waals surface area contributed by atoms with Crippen molar-refractivity contribution >= 4 is 16.7 Å². The summed E-state index contributed by atoms with van der Waals surface area (Å²) in [6.45, 7) is 3.07. The number of nitrogens with one attached hydrogen (secondary N) is 1. The summed E-state index contributed by atoms with van der Waals surface area (Å²) >= 11 is 0. The normalized spacial score (nSPS) is 17.3. The number of carbonyl (C=O) groups excluding carboxylic acids is 1. The minimum atomic E-state index is 0.171. The number of amides is 1. The van der Waals surface area contributed by atoms with E-state index in [0.29, 0.717) is 6.04 Å². The second-order valence-corrected chi connectivity index (χ2v) is 6.80. The predicted molar refractivity (Wildman–Crippen MR) is 100 cm³/mol. The maximum absolute atomic E-state index is 13.0. The number of H-pyrrole nitrogens is 1. The van der Waals surface area contributed by atoms with E-state index in [4.69, 9.17) is 0 Å². The van der Waals surface area contributed by atoms with E-state index in [1.807, 2.05) is 24.3 Å². The smallest absolute Gasteiger partial charge is 0.254 e. The summed E-state index contributed by atoms with van der Waals surface area (Å²) in [5.74, 6) is 0.171. The summed E-state index contributed by atoms with van der Waals surface area (Å²) in [6, 6.07) is 14.6. The minimum absolute atomic E-state index is 0.171. The molecule has 1 atom stereocenters. The summed E-state index contributed by atoms with van der Waals surface area (Å²) in [5, 5.41) is 9.29. The van der Waals surface area contributed by atoms with Crippen LogP contribution in [0.1, 0.15) is 43.0 Å². The molecule has 128 valence electrons. The molecule has 1 aliphatic heterocycles. The second kappa shape index (κ2) is 6.71. The van der Waals surface area contributed by atoms with Gasteiger partial charge in [-0.1, -0.05) is 37.6 Å². The van der Waals surface area contributed by atoms with E-state index in [2.05, 4.69) is 40.2 Å². The molecule has 1 fully saturated rings. The van der Waals surface area contributed by atoms with Crippen LogP contribution in [-0.4, -0.2) is 33.6 Å². The molecule has 0 saturated carbocycles. The van der Waals surface area contributed by atoms with Gasteiger partial charge in [-0.05, 0) is 48.2 Å². The molecule has 4 heteroatoms. The van der Waals surface area contributed by atoms with Crippen LogP contribution in [0.5, 0.6) is 0 Å². The highest BCUT2D eigenvalue weighted by Gasteiger charge is 2.28. The highest BCUT2D eigenvalue weighted by molar-refractivity contribution is 6.02. The molecule has 0 radical (unpaired) electrons. The van der Waals surface area contributed by atoms with Gasteiger partial charge in [-0.25, -0.2) is 0 Å². The first-order valence-corrected chi connectivity index (χ1v) is 9.11. The molecule has 1 aliphatic rings. The Labute approximate surface area is 147 Å². The van der Waals surface area contributed by atoms with Gasteiger partial charge in [0.15, 0.2) is 0 Å². The van der Waals surface area contributed by atoms with Gasteiger partial charge in [0, 0.05) is 29.9 Å². The number of aromatic nitrogens is 2. The van der Waals surface area contributed by atoms with Crippen LogP contribution in [0.2, 0.25) is 0 Å². The first-order valence-electron chi connectivity index (χ1n) is 9.11. The number of likely N-dealkylation sites (tertiary alicyclic amines) is 1. The standard InChI is InChI=1S/C21H23N3O/c1-2-5-17-7-4-13-24(17)21(25)16-9-10-18-15(14-16)6-3-8-19(18)20-11-12-22-23-20/h3,6,8-12,14,17H,2,4-5,7,13H2,1H3,(H,22,23). The zero-order valence-corrected chi connectivity index (χ0v) is 14.5. The summed E-state index contributed by atoms with van der Waals surface area (Å²) < 4.78 is 0. The molecule has 2 heterocycles. The van der Waals surface area contributed by atoms with Crippen LogP contribution in [0.3, 0.4) is 0 Å². The van der Waals surface area contributed by atoms with Crippen LogP contribution in [0.15, 0.2) is 48.7 Å². The molecule has 1 N–H and O–H groups in total. The SMILES string of the molecule is CCCC1CCCN1C(=O)c1ccc2c(-c3ccn[nH]3)cccc2c1. The van der Waals surface area contributed by atoms with Crippen LogP contribution >= 0.6 is 0 Å². The number of carbonyl (C=O) groups is 1. The van der Waals surface area contributed by atoms with Crippen LogP contribution in [-0.2, 0) is 0 Å². The lowest BCUT2D eigenvalue weighted by Gasteiger charge is -2.24. The zero-order chi connectivity index (χ0) is 17.2. The molecule has 0 spiro atoms. The lowest BCUT2D eigenvalue weighted by atomic mass is 9.99. The van der Waals surface area contributed by atoms with E-state index in [1.54, 1.807) is 6.20 Å². The third-order valence-corrected chi connectivity index (χ3v) is 5.18. The van der Waals surface area contributed by atoms with Gasteiger partial charge in [0.2, 0.25) is 0 Å². The van der Waals surface area contributed by atoms with Gasteiger partial charge in [0.05, 0.1) is 5.69 Å². The highest BCUT2D eigenvalue weighted by atomic mass is 16.2.